The number of aryl methyl sites for hydroxylation is 1. The van der Waals surface area contributed by atoms with Gasteiger partial charge in [0.1, 0.15) is 5.69 Å². The first-order valence-corrected chi connectivity index (χ1v) is 9.53. The van der Waals surface area contributed by atoms with E-state index in [0.29, 0.717) is 33.8 Å². The fraction of sp³-hybridized carbons (Fsp3) is 0.409. The van der Waals surface area contributed by atoms with Gasteiger partial charge >= 0.3 is 5.97 Å². The van der Waals surface area contributed by atoms with Gasteiger partial charge in [-0.3, -0.25) is 9.59 Å². The fourth-order valence-electron chi connectivity index (χ4n) is 2.87. The van der Waals surface area contributed by atoms with Crippen molar-refractivity contribution in [1.82, 2.24) is 10.3 Å². The summed E-state index contributed by atoms with van der Waals surface area (Å²) in [4.78, 5) is 40.1. The first kappa shape index (κ1) is 22.2. The molecule has 0 fully saturated rings. The Hall–Kier alpha value is -3.09. The van der Waals surface area contributed by atoms with Gasteiger partial charge in [-0.1, -0.05) is 0 Å². The molecule has 3 N–H and O–H groups in total. The fourth-order valence-corrected chi connectivity index (χ4v) is 2.87. The molecule has 0 aliphatic rings. The number of benzene rings is 1. The number of amides is 2. The lowest BCUT2D eigenvalue weighted by molar-refractivity contribution is 0.0376. The van der Waals surface area contributed by atoms with Crippen LogP contribution in [0, 0.1) is 13.8 Å². The SMILES string of the molecule is Cc1[nH]c(C(=O)Nc2ccc(C(=O)NC(C)(C)C)cc2)c(C)c1C(=O)OC(C)C. The molecule has 0 aliphatic heterocycles. The minimum absolute atomic E-state index is 0.181. The first-order chi connectivity index (χ1) is 13.4. The number of aromatic nitrogens is 1. The normalized spacial score (nSPS) is 11.3. The molecule has 0 saturated heterocycles. The molecule has 0 spiro atoms. The lowest BCUT2D eigenvalue weighted by Gasteiger charge is -2.20. The summed E-state index contributed by atoms with van der Waals surface area (Å²) < 4.78 is 5.25. The van der Waals surface area contributed by atoms with Gasteiger partial charge in [-0.15, -0.1) is 0 Å². The summed E-state index contributed by atoms with van der Waals surface area (Å²) in [7, 11) is 0. The van der Waals surface area contributed by atoms with Gasteiger partial charge < -0.3 is 20.4 Å². The zero-order valence-corrected chi connectivity index (χ0v) is 18.0. The maximum absolute atomic E-state index is 12.7. The van der Waals surface area contributed by atoms with Crippen LogP contribution in [0.2, 0.25) is 0 Å². The zero-order valence-electron chi connectivity index (χ0n) is 18.0. The first-order valence-electron chi connectivity index (χ1n) is 9.53. The minimum Gasteiger partial charge on any atom is -0.459 e. The van der Waals surface area contributed by atoms with Gasteiger partial charge in [-0.25, -0.2) is 4.79 Å². The van der Waals surface area contributed by atoms with Gasteiger partial charge in [0, 0.05) is 22.5 Å². The molecule has 1 aromatic carbocycles. The van der Waals surface area contributed by atoms with E-state index in [0.717, 1.165) is 0 Å². The molecule has 2 rings (SSSR count). The molecule has 7 nitrogen and oxygen atoms in total. The average Bonchev–Trinajstić information content (AvgIpc) is 2.88. The van der Waals surface area contributed by atoms with Crippen LogP contribution in [-0.4, -0.2) is 34.4 Å². The van der Waals surface area contributed by atoms with E-state index in [2.05, 4.69) is 15.6 Å². The zero-order chi connectivity index (χ0) is 21.9. The second-order valence-corrected chi connectivity index (χ2v) is 8.31. The summed E-state index contributed by atoms with van der Waals surface area (Å²) in [6.07, 6.45) is -0.248. The van der Waals surface area contributed by atoms with Crippen LogP contribution in [-0.2, 0) is 4.74 Å². The number of ether oxygens (including phenoxy) is 1. The minimum atomic E-state index is -0.459. The standard InChI is InChI=1S/C22H29N3O4/c1-12(2)29-21(28)17-13(3)18(23-14(17)4)20(27)24-16-10-8-15(9-11-16)19(26)25-22(5,6)7/h8-12,23H,1-7H3,(H,24,27)(H,25,26). The number of hydrogen-bond donors (Lipinski definition) is 3. The number of esters is 1. The summed E-state index contributed by atoms with van der Waals surface area (Å²) in [5.41, 5.74) is 2.50. The van der Waals surface area contributed by atoms with Crippen molar-refractivity contribution in [3.63, 3.8) is 0 Å². The average molecular weight is 399 g/mol. The van der Waals surface area contributed by atoms with Crippen molar-refractivity contribution in [2.24, 2.45) is 0 Å². The molecule has 0 saturated carbocycles. The number of carbonyl (C=O) groups excluding carboxylic acids is 3. The maximum atomic E-state index is 12.7. The van der Waals surface area contributed by atoms with Crippen molar-refractivity contribution in [2.45, 2.75) is 60.1 Å². The summed E-state index contributed by atoms with van der Waals surface area (Å²) in [5, 5.41) is 5.67. The largest absolute Gasteiger partial charge is 0.459 e. The van der Waals surface area contributed by atoms with Gasteiger partial charge in [0.05, 0.1) is 11.7 Å². The highest BCUT2D eigenvalue weighted by Crippen LogP contribution is 2.21. The predicted molar refractivity (Wildman–Crippen MR) is 112 cm³/mol. The number of H-pyrrole nitrogens is 1. The Balaban J connectivity index is 2.15. The van der Waals surface area contributed by atoms with Crippen molar-refractivity contribution in [1.29, 1.82) is 0 Å². The molecule has 0 atom stereocenters. The Bertz CT molecular complexity index is 919. The molecule has 156 valence electrons. The lowest BCUT2D eigenvalue weighted by Crippen LogP contribution is -2.40. The summed E-state index contributed by atoms with van der Waals surface area (Å²) >= 11 is 0. The predicted octanol–water partition coefficient (Wildman–Crippen LogP) is 3.98. The molecular formula is C22H29N3O4. The molecule has 0 radical (unpaired) electrons. The molecule has 1 aromatic heterocycles. The Morgan fingerprint density at radius 1 is 1.00 bits per heavy atom. The van der Waals surface area contributed by atoms with E-state index in [9.17, 15) is 14.4 Å². The highest BCUT2D eigenvalue weighted by atomic mass is 16.5. The second-order valence-electron chi connectivity index (χ2n) is 8.31. The van der Waals surface area contributed by atoms with Crippen LogP contribution in [0.3, 0.4) is 0 Å². The summed E-state index contributed by atoms with van der Waals surface area (Å²) in [5.74, 6) is -1.01. The van der Waals surface area contributed by atoms with Crippen LogP contribution < -0.4 is 10.6 Å². The second kappa shape index (κ2) is 8.51. The number of rotatable bonds is 5. The Kier molecular flexibility index (Phi) is 6.51. The van der Waals surface area contributed by atoms with Crippen molar-refractivity contribution in [3.8, 4) is 0 Å². The number of anilines is 1. The van der Waals surface area contributed by atoms with Crippen LogP contribution in [0.25, 0.3) is 0 Å². The number of carbonyl (C=O) groups is 3. The van der Waals surface area contributed by atoms with Gasteiger partial charge in [-0.2, -0.15) is 0 Å². The van der Waals surface area contributed by atoms with Crippen LogP contribution in [0.1, 0.15) is 77.1 Å². The summed E-state index contributed by atoms with van der Waals surface area (Å²) in [6.45, 7) is 12.7. The van der Waals surface area contributed by atoms with E-state index < -0.39 is 5.97 Å². The Morgan fingerprint density at radius 2 is 1.59 bits per heavy atom. The van der Waals surface area contributed by atoms with Crippen LogP contribution >= 0.6 is 0 Å². The van der Waals surface area contributed by atoms with E-state index in [1.807, 2.05) is 20.8 Å². The quantitative estimate of drug-likeness (QED) is 0.662. The van der Waals surface area contributed by atoms with Gasteiger partial charge in [0.2, 0.25) is 0 Å². The highest BCUT2D eigenvalue weighted by Gasteiger charge is 2.24. The summed E-state index contributed by atoms with van der Waals surface area (Å²) in [6, 6.07) is 6.62. The molecular weight excluding hydrogens is 370 g/mol. The molecule has 7 heteroatoms. The van der Waals surface area contributed by atoms with E-state index >= 15 is 0 Å². The van der Waals surface area contributed by atoms with Crippen molar-refractivity contribution < 1.29 is 19.1 Å². The molecule has 2 amide bonds. The van der Waals surface area contributed by atoms with Crippen molar-refractivity contribution >= 4 is 23.5 Å². The third kappa shape index (κ3) is 5.70. The Morgan fingerprint density at radius 3 is 2.10 bits per heavy atom. The van der Waals surface area contributed by atoms with Crippen molar-refractivity contribution in [2.75, 3.05) is 5.32 Å². The monoisotopic (exact) mass is 399 g/mol. The van der Waals surface area contributed by atoms with E-state index in [-0.39, 0.29) is 23.5 Å². The number of nitrogens with one attached hydrogen (secondary N) is 3. The molecule has 2 aromatic rings. The van der Waals surface area contributed by atoms with E-state index in [1.54, 1.807) is 52.0 Å². The van der Waals surface area contributed by atoms with Gasteiger partial charge in [0.25, 0.3) is 11.8 Å². The molecule has 29 heavy (non-hydrogen) atoms. The van der Waals surface area contributed by atoms with Gasteiger partial charge in [0.15, 0.2) is 0 Å². The third-order valence-corrected chi connectivity index (χ3v) is 4.10. The molecule has 0 aliphatic carbocycles. The van der Waals surface area contributed by atoms with E-state index in [4.69, 9.17) is 4.74 Å². The topological polar surface area (TPSA) is 100 Å². The lowest BCUT2D eigenvalue weighted by atomic mass is 10.1. The smallest absolute Gasteiger partial charge is 0.340 e. The Labute approximate surface area is 171 Å². The third-order valence-electron chi connectivity index (χ3n) is 4.10. The van der Waals surface area contributed by atoms with Gasteiger partial charge in [-0.05, 0) is 78.3 Å². The highest BCUT2D eigenvalue weighted by molar-refractivity contribution is 6.07. The maximum Gasteiger partial charge on any atom is 0.340 e. The van der Waals surface area contributed by atoms with Crippen molar-refractivity contribution in [3.05, 3.63) is 52.3 Å². The number of hydrogen-bond acceptors (Lipinski definition) is 4. The van der Waals surface area contributed by atoms with Crippen LogP contribution in [0.5, 0.6) is 0 Å². The van der Waals surface area contributed by atoms with Crippen LogP contribution in [0.4, 0.5) is 5.69 Å². The molecule has 0 bridgehead atoms. The van der Waals surface area contributed by atoms with E-state index in [1.165, 1.54) is 0 Å². The number of aromatic amines is 1. The van der Waals surface area contributed by atoms with Crippen LogP contribution in [0.15, 0.2) is 24.3 Å². The molecule has 1 heterocycles. The molecule has 0 unspecified atom stereocenters.